The lowest BCUT2D eigenvalue weighted by atomic mass is 10.1. The summed E-state index contributed by atoms with van der Waals surface area (Å²) >= 11 is 0. The molecular formula is C18H23NO2. The van der Waals surface area contributed by atoms with Crippen LogP contribution in [0.5, 0.6) is 11.5 Å². The van der Waals surface area contributed by atoms with Gasteiger partial charge in [-0.3, -0.25) is 0 Å². The predicted octanol–water partition coefficient (Wildman–Crippen LogP) is 3.65. The van der Waals surface area contributed by atoms with Crippen molar-refractivity contribution < 1.29 is 9.47 Å². The summed E-state index contributed by atoms with van der Waals surface area (Å²) in [5.41, 5.74) is 3.68. The van der Waals surface area contributed by atoms with Gasteiger partial charge in [-0.2, -0.15) is 0 Å². The third kappa shape index (κ3) is 3.99. The molecule has 0 saturated carbocycles. The number of hydrogen-bond acceptors (Lipinski definition) is 3. The van der Waals surface area contributed by atoms with Gasteiger partial charge in [-0.05, 0) is 61.9 Å². The molecule has 0 saturated heterocycles. The largest absolute Gasteiger partial charge is 0.497 e. The second kappa shape index (κ2) is 7.14. The van der Waals surface area contributed by atoms with Crippen LogP contribution in [-0.4, -0.2) is 20.8 Å². The Bertz CT molecular complexity index is 596. The molecule has 1 atom stereocenters. The highest BCUT2D eigenvalue weighted by Crippen LogP contribution is 2.21. The van der Waals surface area contributed by atoms with Crippen LogP contribution >= 0.6 is 0 Å². The molecule has 0 fully saturated rings. The zero-order chi connectivity index (χ0) is 15.2. The van der Waals surface area contributed by atoms with Crippen LogP contribution in [0.25, 0.3) is 0 Å². The number of ether oxygens (including phenoxy) is 2. The number of hydrogen-bond donors (Lipinski definition) is 1. The fourth-order valence-corrected chi connectivity index (χ4v) is 2.19. The van der Waals surface area contributed by atoms with Crippen molar-refractivity contribution >= 4 is 0 Å². The van der Waals surface area contributed by atoms with Crippen molar-refractivity contribution in [1.82, 2.24) is 5.32 Å². The molecule has 21 heavy (non-hydrogen) atoms. The lowest BCUT2D eigenvalue weighted by molar-refractivity contribution is 0.272. The van der Waals surface area contributed by atoms with Crippen molar-refractivity contribution in [2.75, 3.05) is 20.8 Å². The molecule has 0 heterocycles. The van der Waals surface area contributed by atoms with E-state index in [1.165, 1.54) is 11.1 Å². The van der Waals surface area contributed by atoms with Crippen molar-refractivity contribution in [3.8, 4) is 11.5 Å². The van der Waals surface area contributed by atoms with Crippen LogP contribution in [0.15, 0.2) is 42.5 Å². The summed E-state index contributed by atoms with van der Waals surface area (Å²) in [5, 5.41) is 3.29. The van der Waals surface area contributed by atoms with Crippen molar-refractivity contribution in [2.45, 2.75) is 19.9 Å². The molecule has 2 rings (SSSR count). The Morgan fingerprint density at radius 3 is 2.48 bits per heavy atom. The molecule has 1 unspecified atom stereocenters. The zero-order valence-electron chi connectivity index (χ0n) is 13.1. The Hall–Kier alpha value is -2.00. The second-order valence-electron chi connectivity index (χ2n) is 5.17. The molecule has 2 aromatic carbocycles. The van der Waals surface area contributed by atoms with E-state index in [2.05, 4.69) is 37.4 Å². The monoisotopic (exact) mass is 285 g/mol. The van der Waals surface area contributed by atoms with Crippen LogP contribution in [0.4, 0.5) is 0 Å². The number of aryl methyl sites for hydroxylation is 2. The highest BCUT2D eigenvalue weighted by atomic mass is 16.5. The molecule has 112 valence electrons. The minimum atomic E-state index is 0.127. The van der Waals surface area contributed by atoms with Gasteiger partial charge in [0.25, 0.3) is 0 Å². The van der Waals surface area contributed by atoms with Gasteiger partial charge in [0, 0.05) is 0 Å². The molecule has 0 bridgehead atoms. The first-order valence-corrected chi connectivity index (χ1v) is 7.15. The Balaban J connectivity index is 2.06. The molecule has 3 nitrogen and oxygen atoms in total. The average Bonchev–Trinajstić information content (AvgIpc) is 2.51. The van der Waals surface area contributed by atoms with Crippen molar-refractivity contribution in [3.63, 3.8) is 0 Å². The maximum Gasteiger partial charge on any atom is 0.119 e. The molecule has 0 aliphatic heterocycles. The first-order chi connectivity index (χ1) is 10.1. The minimum absolute atomic E-state index is 0.127. The Kier molecular flexibility index (Phi) is 5.23. The third-order valence-corrected chi connectivity index (χ3v) is 3.74. The van der Waals surface area contributed by atoms with Crippen molar-refractivity contribution in [1.29, 1.82) is 0 Å². The van der Waals surface area contributed by atoms with Gasteiger partial charge in [-0.25, -0.2) is 0 Å². The number of rotatable bonds is 6. The summed E-state index contributed by atoms with van der Waals surface area (Å²) in [4.78, 5) is 0. The summed E-state index contributed by atoms with van der Waals surface area (Å²) in [7, 11) is 3.62. The number of benzene rings is 2. The zero-order valence-corrected chi connectivity index (χ0v) is 13.1. The van der Waals surface area contributed by atoms with E-state index in [9.17, 15) is 0 Å². The van der Waals surface area contributed by atoms with Crippen LogP contribution in [0.2, 0.25) is 0 Å². The Morgan fingerprint density at radius 2 is 1.81 bits per heavy atom. The normalized spacial score (nSPS) is 12.0. The number of methoxy groups -OCH3 is 1. The predicted molar refractivity (Wildman–Crippen MR) is 86.2 cm³/mol. The van der Waals surface area contributed by atoms with Gasteiger partial charge in [0.1, 0.15) is 18.1 Å². The van der Waals surface area contributed by atoms with Gasteiger partial charge in [-0.15, -0.1) is 0 Å². The standard InChI is InChI=1S/C18H23NO2/c1-13-8-9-17(10-14(13)2)21-12-18(19-3)15-6-5-7-16(11-15)20-4/h5-11,18-19H,12H2,1-4H3. The molecule has 0 aromatic heterocycles. The molecule has 2 aromatic rings. The summed E-state index contributed by atoms with van der Waals surface area (Å²) in [6.45, 7) is 4.78. The molecule has 3 heteroatoms. The maximum absolute atomic E-state index is 5.92. The van der Waals surface area contributed by atoms with Crippen LogP contribution < -0.4 is 14.8 Å². The topological polar surface area (TPSA) is 30.5 Å². The maximum atomic E-state index is 5.92. The van der Waals surface area contributed by atoms with E-state index in [4.69, 9.17) is 9.47 Å². The van der Waals surface area contributed by atoms with Crippen LogP contribution in [0.3, 0.4) is 0 Å². The lowest BCUT2D eigenvalue weighted by Gasteiger charge is -2.18. The minimum Gasteiger partial charge on any atom is -0.497 e. The molecular weight excluding hydrogens is 262 g/mol. The second-order valence-corrected chi connectivity index (χ2v) is 5.17. The van der Waals surface area contributed by atoms with E-state index in [0.29, 0.717) is 6.61 Å². The quantitative estimate of drug-likeness (QED) is 0.878. The van der Waals surface area contributed by atoms with E-state index in [1.807, 2.05) is 31.3 Å². The molecule has 0 amide bonds. The lowest BCUT2D eigenvalue weighted by Crippen LogP contribution is -2.23. The van der Waals surface area contributed by atoms with Gasteiger partial charge in [0.2, 0.25) is 0 Å². The van der Waals surface area contributed by atoms with Crippen molar-refractivity contribution in [3.05, 3.63) is 59.2 Å². The fraction of sp³-hybridized carbons (Fsp3) is 0.333. The number of nitrogens with one attached hydrogen (secondary N) is 1. The summed E-state index contributed by atoms with van der Waals surface area (Å²) < 4.78 is 11.2. The third-order valence-electron chi connectivity index (χ3n) is 3.74. The first-order valence-electron chi connectivity index (χ1n) is 7.15. The fourth-order valence-electron chi connectivity index (χ4n) is 2.19. The number of likely N-dealkylation sites (N-methyl/N-ethyl adjacent to an activating group) is 1. The smallest absolute Gasteiger partial charge is 0.119 e. The SMILES string of the molecule is CNC(COc1ccc(C)c(C)c1)c1cccc(OC)c1. The molecule has 1 N–H and O–H groups in total. The summed E-state index contributed by atoms with van der Waals surface area (Å²) in [5.74, 6) is 1.76. The van der Waals surface area contributed by atoms with E-state index >= 15 is 0 Å². The van der Waals surface area contributed by atoms with Crippen LogP contribution in [-0.2, 0) is 0 Å². The highest BCUT2D eigenvalue weighted by Gasteiger charge is 2.11. The van der Waals surface area contributed by atoms with Gasteiger partial charge >= 0.3 is 0 Å². The van der Waals surface area contributed by atoms with Gasteiger partial charge < -0.3 is 14.8 Å². The summed E-state index contributed by atoms with van der Waals surface area (Å²) in [6, 6.07) is 14.4. The van der Waals surface area contributed by atoms with E-state index in [-0.39, 0.29) is 6.04 Å². The first kappa shape index (κ1) is 15.4. The molecule has 0 aliphatic rings. The molecule has 0 radical (unpaired) electrons. The Morgan fingerprint density at radius 1 is 1.00 bits per heavy atom. The molecule has 0 spiro atoms. The van der Waals surface area contributed by atoms with Crippen LogP contribution in [0.1, 0.15) is 22.7 Å². The van der Waals surface area contributed by atoms with Crippen molar-refractivity contribution in [2.24, 2.45) is 0 Å². The van der Waals surface area contributed by atoms with E-state index < -0.39 is 0 Å². The average molecular weight is 285 g/mol. The Labute approximate surface area is 126 Å². The van der Waals surface area contributed by atoms with Gasteiger partial charge in [0.05, 0.1) is 13.2 Å². The van der Waals surface area contributed by atoms with E-state index in [1.54, 1.807) is 7.11 Å². The van der Waals surface area contributed by atoms with E-state index in [0.717, 1.165) is 17.1 Å². The summed E-state index contributed by atoms with van der Waals surface area (Å²) in [6.07, 6.45) is 0. The van der Waals surface area contributed by atoms with Crippen LogP contribution in [0, 0.1) is 13.8 Å². The highest BCUT2D eigenvalue weighted by molar-refractivity contribution is 5.34. The van der Waals surface area contributed by atoms with Gasteiger partial charge in [0.15, 0.2) is 0 Å². The van der Waals surface area contributed by atoms with Gasteiger partial charge in [-0.1, -0.05) is 18.2 Å². The molecule has 0 aliphatic carbocycles.